The number of ether oxygens (including phenoxy) is 4. The van der Waals surface area contributed by atoms with Gasteiger partial charge in [-0.25, -0.2) is 4.79 Å². The molecule has 1 saturated carbocycles. The van der Waals surface area contributed by atoms with Gasteiger partial charge in [-0.2, -0.15) is 0 Å². The van der Waals surface area contributed by atoms with Crippen molar-refractivity contribution in [3.05, 3.63) is 71.8 Å². The number of carbonyl (C=O) groups is 4. The molecule has 0 bridgehead atoms. The Hall–Kier alpha value is -3.68. The van der Waals surface area contributed by atoms with Crippen LogP contribution in [0.5, 0.6) is 0 Å². The zero-order chi connectivity index (χ0) is 29.4. The lowest BCUT2D eigenvalue weighted by molar-refractivity contribution is -0.152. The molecule has 1 aromatic rings. The second kappa shape index (κ2) is 17.1. The molecule has 0 N–H and O–H groups in total. The number of unbranched alkanes of at least 4 members (excludes halogenated alkanes) is 3. The summed E-state index contributed by atoms with van der Waals surface area (Å²) < 4.78 is 21.9. The van der Waals surface area contributed by atoms with Crippen LogP contribution in [0.4, 0.5) is 0 Å². The topological polar surface area (TPSA) is 105 Å². The van der Waals surface area contributed by atoms with Crippen LogP contribution in [-0.2, 0) is 33.3 Å². The summed E-state index contributed by atoms with van der Waals surface area (Å²) in [6, 6.07) is 8.72. The van der Waals surface area contributed by atoms with E-state index >= 15 is 0 Å². The van der Waals surface area contributed by atoms with Crippen molar-refractivity contribution < 1.29 is 38.1 Å². The van der Waals surface area contributed by atoms with E-state index in [4.69, 9.17) is 18.9 Å². The number of carbonyl (C=O) groups excluding carboxylic acids is 4. The minimum atomic E-state index is -0.984. The number of hydrogen-bond donors (Lipinski definition) is 0. The van der Waals surface area contributed by atoms with Crippen LogP contribution in [0.3, 0.4) is 0 Å². The molecule has 1 aromatic carbocycles. The van der Waals surface area contributed by atoms with Gasteiger partial charge in [0, 0.05) is 32.3 Å². The van der Waals surface area contributed by atoms with E-state index in [0.717, 1.165) is 25.7 Å². The Balaban J connectivity index is 2.38. The van der Waals surface area contributed by atoms with Crippen LogP contribution in [0.25, 0.3) is 0 Å². The number of allylic oxidation sites excluding steroid dienone is 3. The van der Waals surface area contributed by atoms with Crippen LogP contribution < -0.4 is 0 Å². The quantitative estimate of drug-likeness (QED) is 0.109. The molecule has 0 aromatic heterocycles. The fourth-order valence-electron chi connectivity index (χ4n) is 4.71. The molecule has 0 saturated heterocycles. The Morgan fingerprint density at radius 1 is 1.05 bits per heavy atom. The molecule has 1 aliphatic carbocycles. The van der Waals surface area contributed by atoms with Gasteiger partial charge in [-0.1, -0.05) is 62.3 Å². The number of hydrogen-bond acceptors (Lipinski definition) is 8. The molecule has 8 nitrogen and oxygen atoms in total. The molecule has 1 aliphatic rings. The third kappa shape index (κ3) is 10.8. The molecule has 0 unspecified atom stereocenters. The molecule has 3 atom stereocenters. The van der Waals surface area contributed by atoms with Crippen molar-refractivity contribution in [2.45, 2.75) is 96.4 Å². The van der Waals surface area contributed by atoms with E-state index in [9.17, 15) is 19.2 Å². The second-order valence-corrected chi connectivity index (χ2v) is 9.83. The minimum Gasteiger partial charge on any atom is -0.469 e. The predicted molar refractivity (Wildman–Crippen MR) is 151 cm³/mol. The van der Waals surface area contributed by atoms with E-state index in [1.807, 2.05) is 12.1 Å². The maximum absolute atomic E-state index is 12.9. The van der Waals surface area contributed by atoms with Crippen molar-refractivity contribution >= 4 is 23.9 Å². The standard InChI is InChI=1S/C32H42O8/c1-5-6-7-8-9-13-22-32(40-25(3)34)23-21-29(39-31(36)26-15-11-10-12-16-26)28(32)18-14-17-27(38-24(2)33)19-20-30(35)37-4/h9-18,27,29H,5-8,19-23H2,1-4H3/b13-9-,17-14+,28-18-/t27-,29+,32-/m0/s1. The lowest BCUT2D eigenvalue weighted by Crippen LogP contribution is -2.35. The average molecular weight is 555 g/mol. The maximum Gasteiger partial charge on any atom is 0.338 e. The first-order chi connectivity index (χ1) is 19.2. The Labute approximate surface area is 237 Å². The average Bonchev–Trinajstić information content (AvgIpc) is 3.24. The van der Waals surface area contributed by atoms with Crippen molar-refractivity contribution in [1.82, 2.24) is 0 Å². The summed E-state index contributed by atoms with van der Waals surface area (Å²) in [6.45, 7) is 4.82. The molecule has 0 amide bonds. The molecule has 218 valence electrons. The highest BCUT2D eigenvalue weighted by atomic mass is 16.6. The van der Waals surface area contributed by atoms with Gasteiger partial charge < -0.3 is 18.9 Å². The Kier molecular flexibility index (Phi) is 13.9. The number of methoxy groups -OCH3 is 1. The largest absolute Gasteiger partial charge is 0.469 e. The van der Waals surface area contributed by atoms with Gasteiger partial charge in [0.2, 0.25) is 0 Å². The maximum atomic E-state index is 12.9. The van der Waals surface area contributed by atoms with Crippen molar-refractivity contribution in [2.75, 3.05) is 7.11 Å². The fourth-order valence-corrected chi connectivity index (χ4v) is 4.71. The highest BCUT2D eigenvalue weighted by molar-refractivity contribution is 5.89. The SMILES string of the molecule is CCCCC/C=C\C[C@]1(OC(C)=O)CC[C@@H](OC(=O)c2ccccc2)/C1=C/C=C/[C@@H](CCC(=O)OC)OC(C)=O. The summed E-state index contributed by atoms with van der Waals surface area (Å²) in [5.74, 6) is -1.79. The van der Waals surface area contributed by atoms with Gasteiger partial charge in [-0.3, -0.25) is 14.4 Å². The van der Waals surface area contributed by atoms with Gasteiger partial charge in [0.15, 0.2) is 0 Å². The van der Waals surface area contributed by atoms with Crippen LogP contribution in [0.15, 0.2) is 66.3 Å². The zero-order valence-electron chi connectivity index (χ0n) is 24.1. The highest BCUT2D eigenvalue weighted by Crippen LogP contribution is 2.43. The van der Waals surface area contributed by atoms with E-state index in [1.54, 1.807) is 42.5 Å². The molecule has 40 heavy (non-hydrogen) atoms. The number of esters is 4. The molecule has 2 rings (SSSR count). The Bertz CT molecular complexity index is 1070. The first-order valence-corrected chi connectivity index (χ1v) is 13.9. The Morgan fingerprint density at radius 2 is 1.80 bits per heavy atom. The highest BCUT2D eigenvalue weighted by Gasteiger charge is 2.47. The minimum absolute atomic E-state index is 0.0763. The van der Waals surface area contributed by atoms with Gasteiger partial charge >= 0.3 is 23.9 Å². The molecule has 8 heteroatoms. The van der Waals surface area contributed by atoms with Crippen LogP contribution in [0.1, 0.15) is 88.9 Å². The molecular weight excluding hydrogens is 512 g/mol. The van der Waals surface area contributed by atoms with Crippen molar-refractivity contribution in [1.29, 1.82) is 0 Å². The van der Waals surface area contributed by atoms with E-state index in [0.29, 0.717) is 30.4 Å². The third-order valence-corrected chi connectivity index (χ3v) is 6.65. The third-order valence-electron chi connectivity index (χ3n) is 6.65. The van der Waals surface area contributed by atoms with Crippen molar-refractivity contribution in [2.24, 2.45) is 0 Å². The summed E-state index contributed by atoms with van der Waals surface area (Å²) in [5, 5.41) is 0. The van der Waals surface area contributed by atoms with Gasteiger partial charge in [-0.15, -0.1) is 0 Å². The predicted octanol–water partition coefficient (Wildman–Crippen LogP) is 6.20. The summed E-state index contributed by atoms with van der Waals surface area (Å²) >= 11 is 0. The van der Waals surface area contributed by atoms with Crippen LogP contribution in [-0.4, -0.2) is 48.8 Å². The van der Waals surface area contributed by atoms with E-state index in [2.05, 4.69) is 13.0 Å². The fraction of sp³-hybridized carbons (Fsp3) is 0.500. The number of rotatable bonds is 15. The molecule has 0 aliphatic heterocycles. The van der Waals surface area contributed by atoms with Gasteiger partial charge in [0.25, 0.3) is 0 Å². The van der Waals surface area contributed by atoms with Crippen LogP contribution in [0.2, 0.25) is 0 Å². The van der Waals surface area contributed by atoms with E-state index in [1.165, 1.54) is 21.0 Å². The lowest BCUT2D eigenvalue weighted by Gasteiger charge is -2.30. The summed E-state index contributed by atoms with van der Waals surface area (Å²) in [7, 11) is 1.30. The summed E-state index contributed by atoms with van der Waals surface area (Å²) in [6.07, 6.45) is 14.0. The van der Waals surface area contributed by atoms with E-state index in [-0.39, 0.29) is 12.8 Å². The summed E-state index contributed by atoms with van der Waals surface area (Å²) in [4.78, 5) is 48.4. The monoisotopic (exact) mass is 554 g/mol. The number of benzene rings is 1. The van der Waals surface area contributed by atoms with Gasteiger partial charge in [0.1, 0.15) is 17.8 Å². The molecular formula is C32H42O8. The molecule has 0 radical (unpaired) electrons. The molecule has 1 fully saturated rings. The second-order valence-electron chi connectivity index (χ2n) is 9.83. The summed E-state index contributed by atoms with van der Waals surface area (Å²) in [5.41, 5.74) is 0.0917. The molecule has 0 heterocycles. The Morgan fingerprint density at radius 3 is 2.45 bits per heavy atom. The van der Waals surface area contributed by atoms with Crippen molar-refractivity contribution in [3.8, 4) is 0 Å². The first kappa shape index (κ1) is 32.5. The van der Waals surface area contributed by atoms with Gasteiger partial charge in [0.05, 0.1) is 12.7 Å². The zero-order valence-corrected chi connectivity index (χ0v) is 24.1. The normalized spacial score (nSPS) is 20.5. The first-order valence-electron chi connectivity index (χ1n) is 13.9. The van der Waals surface area contributed by atoms with Crippen molar-refractivity contribution in [3.63, 3.8) is 0 Å². The van der Waals surface area contributed by atoms with Crippen LogP contribution >= 0.6 is 0 Å². The van der Waals surface area contributed by atoms with Gasteiger partial charge in [-0.05, 0) is 50.3 Å². The van der Waals surface area contributed by atoms with Crippen LogP contribution in [0, 0.1) is 0 Å². The lowest BCUT2D eigenvalue weighted by atomic mass is 9.90. The van der Waals surface area contributed by atoms with E-state index < -0.39 is 41.7 Å². The molecule has 0 spiro atoms. The smallest absolute Gasteiger partial charge is 0.338 e.